The summed E-state index contributed by atoms with van der Waals surface area (Å²) in [7, 11) is 3.25. The largest absolute Gasteiger partial charge is 0.496 e. The lowest BCUT2D eigenvalue weighted by Gasteiger charge is -2.37. The van der Waals surface area contributed by atoms with Crippen LogP contribution in [0.5, 0.6) is 11.5 Å². The van der Waals surface area contributed by atoms with Gasteiger partial charge in [-0.1, -0.05) is 42.5 Å². The van der Waals surface area contributed by atoms with E-state index < -0.39 is 6.09 Å². The first-order valence-corrected chi connectivity index (χ1v) is 12.2. The predicted molar refractivity (Wildman–Crippen MR) is 143 cm³/mol. The number of carbonyl (C=O) groups is 1. The molecule has 1 amide bonds. The normalized spacial score (nSPS) is 16.8. The topological polar surface area (TPSA) is 68.8 Å². The summed E-state index contributed by atoms with van der Waals surface area (Å²) in [5.74, 6) is 1.59. The fourth-order valence-corrected chi connectivity index (χ4v) is 5.35. The first kappa shape index (κ1) is 23.8. The molecule has 2 aliphatic heterocycles. The van der Waals surface area contributed by atoms with Crippen LogP contribution in [0.15, 0.2) is 60.7 Å². The lowest BCUT2D eigenvalue weighted by atomic mass is 9.80. The molecular weight excluding hydrogens is 452 g/mol. The molecule has 0 saturated heterocycles. The van der Waals surface area contributed by atoms with Crippen LogP contribution in [0.1, 0.15) is 49.1 Å². The van der Waals surface area contributed by atoms with Gasteiger partial charge < -0.3 is 24.8 Å². The molecule has 0 saturated carbocycles. The van der Waals surface area contributed by atoms with E-state index in [4.69, 9.17) is 14.2 Å². The van der Waals surface area contributed by atoms with E-state index in [1.807, 2.05) is 30.3 Å². The number of rotatable bonds is 5. The molecule has 0 fully saturated rings. The second-order valence-electron chi connectivity index (χ2n) is 9.84. The third kappa shape index (κ3) is 4.28. The summed E-state index contributed by atoms with van der Waals surface area (Å²) in [4.78, 5) is 11.5. The van der Waals surface area contributed by atoms with E-state index in [2.05, 4.69) is 61.7 Å². The van der Waals surface area contributed by atoms with Crippen LogP contribution in [-0.2, 0) is 11.2 Å². The Kier molecular flexibility index (Phi) is 6.12. The molecule has 2 aliphatic rings. The van der Waals surface area contributed by atoms with Crippen molar-refractivity contribution in [2.75, 3.05) is 26.1 Å². The van der Waals surface area contributed by atoms with E-state index in [1.54, 1.807) is 14.2 Å². The maximum atomic E-state index is 11.5. The molecule has 5 rings (SSSR count). The number of nitrogens with one attached hydrogen (secondary N) is 2. The number of carbonyl (C=O) groups excluding carboxylic acids is 1. The first-order chi connectivity index (χ1) is 17.3. The van der Waals surface area contributed by atoms with Crippen molar-refractivity contribution in [1.82, 2.24) is 5.32 Å². The highest BCUT2D eigenvalue weighted by molar-refractivity contribution is 5.91. The number of fused-ring (bicyclic) bond motifs is 5. The smallest absolute Gasteiger partial charge is 0.406 e. The Bertz CT molecular complexity index is 1360. The second-order valence-corrected chi connectivity index (χ2v) is 9.84. The molecule has 2 N–H and O–H groups in total. The van der Waals surface area contributed by atoms with E-state index >= 15 is 0 Å². The number of allylic oxidation sites excluding steroid dienone is 1. The molecule has 2 heterocycles. The van der Waals surface area contributed by atoms with Gasteiger partial charge in [0.15, 0.2) is 6.10 Å². The summed E-state index contributed by atoms with van der Waals surface area (Å²) >= 11 is 0. The van der Waals surface area contributed by atoms with Gasteiger partial charge in [0.05, 0.1) is 24.8 Å². The van der Waals surface area contributed by atoms with Gasteiger partial charge in [-0.25, -0.2) is 4.79 Å². The summed E-state index contributed by atoms with van der Waals surface area (Å²) in [6, 6.07) is 18.6. The molecule has 0 bridgehead atoms. The number of alkyl carbamates (subject to hydrolysis) is 1. The van der Waals surface area contributed by atoms with E-state index in [9.17, 15) is 4.79 Å². The summed E-state index contributed by atoms with van der Waals surface area (Å²) in [6.45, 7) is 6.83. The zero-order valence-electron chi connectivity index (χ0n) is 21.4. The minimum Gasteiger partial charge on any atom is -0.496 e. The number of ether oxygens (including phenoxy) is 3. The number of amides is 1. The average Bonchev–Trinajstić information content (AvgIpc) is 2.86. The summed E-state index contributed by atoms with van der Waals surface area (Å²) in [6.07, 6.45) is 2.16. The number of benzene rings is 3. The maximum Gasteiger partial charge on any atom is 0.406 e. The van der Waals surface area contributed by atoms with Gasteiger partial charge in [-0.3, -0.25) is 0 Å². The third-order valence-electron chi connectivity index (χ3n) is 6.74. The Balaban J connectivity index is 1.64. The molecule has 0 aliphatic carbocycles. The molecule has 0 radical (unpaired) electrons. The Morgan fingerprint density at radius 3 is 2.69 bits per heavy atom. The Morgan fingerprint density at radius 2 is 1.92 bits per heavy atom. The number of methoxy groups -OCH3 is 1. The van der Waals surface area contributed by atoms with Gasteiger partial charge in [-0.15, -0.1) is 0 Å². The Labute approximate surface area is 212 Å². The van der Waals surface area contributed by atoms with Crippen LogP contribution in [0.25, 0.3) is 16.7 Å². The zero-order valence-corrected chi connectivity index (χ0v) is 21.4. The number of hydrogen-bond donors (Lipinski definition) is 2. The van der Waals surface area contributed by atoms with Gasteiger partial charge in [-0.2, -0.15) is 0 Å². The molecule has 6 nitrogen and oxygen atoms in total. The van der Waals surface area contributed by atoms with Crippen LogP contribution in [0.3, 0.4) is 0 Å². The minimum atomic E-state index is -0.425. The minimum absolute atomic E-state index is 0.142. The molecule has 0 spiro atoms. The Hall–Kier alpha value is -3.93. The van der Waals surface area contributed by atoms with Crippen LogP contribution in [0, 0.1) is 0 Å². The van der Waals surface area contributed by atoms with Crippen LogP contribution in [0.2, 0.25) is 0 Å². The van der Waals surface area contributed by atoms with Crippen LogP contribution >= 0.6 is 0 Å². The standard InChI is InChI=1S/C30H32N2O4/c1-18-17-30(2,3)32-22-13-12-21-26-23(34-5)10-7-11-24(26)36-28(27(21)25(18)22)20-9-6-8-19(16-20)14-15-35-29(33)31-4/h6-13,16-17,28,32H,14-15H2,1-5H3,(H,31,33). The van der Waals surface area contributed by atoms with Gasteiger partial charge in [-0.05, 0) is 61.2 Å². The Morgan fingerprint density at radius 1 is 1.11 bits per heavy atom. The highest BCUT2D eigenvalue weighted by Gasteiger charge is 2.35. The summed E-state index contributed by atoms with van der Waals surface area (Å²) in [5.41, 5.74) is 8.68. The molecule has 36 heavy (non-hydrogen) atoms. The van der Waals surface area contributed by atoms with Crippen molar-refractivity contribution in [2.24, 2.45) is 0 Å². The van der Waals surface area contributed by atoms with Crippen molar-refractivity contribution >= 4 is 17.4 Å². The molecule has 186 valence electrons. The fraction of sp³-hybridized carbons (Fsp3) is 0.300. The highest BCUT2D eigenvalue weighted by Crippen LogP contribution is 2.53. The van der Waals surface area contributed by atoms with Gasteiger partial charge in [0.2, 0.25) is 0 Å². The monoisotopic (exact) mass is 484 g/mol. The predicted octanol–water partition coefficient (Wildman–Crippen LogP) is 6.35. The molecule has 3 aromatic carbocycles. The molecule has 6 heteroatoms. The van der Waals surface area contributed by atoms with E-state index in [0.29, 0.717) is 13.0 Å². The van der Waals surface area contributed by atoms with Gasteiger partial charge in [0.1, 0.15) is 11.5 Å². The van der Waals surface area contributed by atoms with Crippen LogP contribution in [0.4, 0.5) is 10.5 Å². The SMILES string of the molecule is CNC(=O)OCCc1cccc(C2Oc3cccc(OC)c3-c3ccc4c(c32)C(C)=CC(C)(C)N4)c1. The van der Waals surface area contributed by atoms with E-state index in [0.717, 1.165) is 45.0 Å². The molecule has 1 atom stereocenters. The van der Waals surface area contributed by atoms with E-state index in [-0.39, 0.29) is 11.6 Å². The van der Waals surface area contributed by atoms with E-state index in [1.165, 1.54) is 11.1 Å². The first-order valence-electron chi connectivity index (χ1n) is 12.2. The van der Waals surface area contributed by atoms with Crippen molar-refractivity contribution < 1.29 is 19.0 Å². The van der Waals surface area contributed by atoms with Crippen molar-refractivity contribution in [3.8, 4) is 22.6 Å². The van der Waals surface area contributed by atoms with Crippen LogP contribution in [-0.4, -0.2) is 32.4 Å². The lowest BCUT2D eigenvalue weighted by molar-refractivity contribution is 0.150. The second kappa shape index (κ2) is 9.26. The molecule has 1 unspecified atom stereocenters. The number of anilines is 1. The quantitative estimate of drug-likeness (QED) is 0.442. The third-order valence-corrected chi connectivity index (χ3v) is 6.74. The van der Waals surface area contributed by atoms with Gasteiger partial charge in [0, 0.05) is 30.3 Å². The van der Waals surface area contributed by atoms with Gasteiger partial charge in [0.25, 0.3) is 0 Å². The van der Waals surface area contributed by atoms with Crippen LogP contribution < -0.4 is 20.1 Å². The van der Waals surface area contributed by atoms with Crippen molar-refractivity contribution in [2.45, 2.75) is 38.8 Å². The number of hydrogen-bond acceptors (Lipinski definition) is 5. The summed E-state index contributed by atoms with van der Waals surface area (Å²) < 4.78 is 17.7. The van der Waals surface area contributed by atoms with Gasteiger partial charge >= 0.3 is 6.09 Å². The molecule has 3 aromatic rings. The van der Waals surface area contributed by atoms with Crippen molar-refractivity contribution in [3.05, 3.63) is 82.9 Å². The highest BCUT2D eigenvalue weighted by atomic mass is 16.5. The summed E-state index contributed by atoms with van der Waals surface area (Å²) in [5, 5.41) is 6.16. The zero-order chi connectivity index (χ0) is 25.4. The van der Waals surface area contributed by atoms with Crippen molar-refractivity contribution in [3.63, 3.8) is 0 Å². The van der Waals surface area contributed by atoms with Crippen molar-refractivity contribution in [1.29, 1.82) is 0 Å². The lowest BCUT2D eigenvalue weighted by Crippen LogP contribution is -2.32. The molecule has 0 aromatic heterocycles. The maximum absolute atomic E-state index is 11.5. The fourth-order valence-electron chi connectivity index (χ4n) is 5.35. The average molecular weight is 485 g/mol. The molecular formula is C30H32N2O4.